The number of furan rings is 1. The number of nitrogens with one attached hydrogen (secondary N) is 2. The fourth-order valence-corrected chi connectivity index (χ4v) is 3.13. The highest BCUT2D eigenvalue weighted by molar-refractivity contribution is 7.89. The van der Waals surface area contributed by atoms with Gasteiger partial charge in [0.05, 0.1) is 16.7 Å². The van der Waals surface area contributed by atoms with Gasteiger partial charge < -0.3 is 9.73 Å². The molecule has 0 radical (unpaired) electrons. The number of alkyl halides is 3. The zero-order valence-electron chi connectivity index (χ0n) is 12.1. The summed E-state index contributed by atoms with van der Waals surface area (Å²) in [6.45, 7) is -0.395. The maximum Gasteiger partial charge on any atom is 0.417 e. The highest BCUT2D eigenvalue weighted by atomic mass is 32.2. The van der Waals surface area contributed by atoms with Crippen molar-refractivity contribution in [2.75, 3.05) is 13.1 Å². The largest absolute Gasteiger partial charge is 0.459 e. The molecule has 2 rings (SSSR count). The number of hydrogen-bond donors (Lipinski definition) is 2. The zero-order valence-corrected chi connectivity index (χ0v) is 12.9. The van der Waals surface area contributed by atoms with Crippen LogP contribution in [0, 0.1) is 0 Å². The van der Waals surface area contributed by atoms with Crippen molar-refractivity contribution < 1.29 is 30.8 Å². The van der Waals surface area contributed by atoms with Crippen molar-refractivity contribution >= 4 is 15.9 Å². The first kappa shape index (κ1) is 18.0. The number of sulfonamides is 1. The fraction of sp³-hybridized carbons (Fsp3) is 0.214. The van der Waals surface area contributed by atoms with E-state index < -0.39 is 32.6 Å². The lowest BCUT2D eigenvalue weighted by atomic mass is 10.2. The quantitative estimate of drug-likeness (QED) is 0.770. The topological polar surface area (TPSA) is 88.4 Å². The average molecular weight is 362 g/mol. The van der Waals surface area contributed by atoms with Gasteiger partial charge in [0.1, 0.15) is 0 Å². The summed E-state index contributed by atoms with van der Waals surface area (Å²) >= 11 is 0. The molecule has 1 aromatic heterocycles. The summed E-state index contributed by atoms with van der Waals surface area (Å²) in [5.41, 5.74) is -1.25. The van der Waals surface area contributed by atoms with Crippen molar-refractivity contribution in [3.8, 4) is 0 Å². The number of carbonyl (C=O) groups is 1. The Hall–Kier alpha value is -2.33. The highest BCUT2D eigenvalue weighted by Gasteiger charge is 2.36. The van der Waals surface area contributed by atoms with Crippen molar-refractivity contribution in [1.82, 2.24) is 10.0 Å². The molecule has 0 bridgehead atoms. The van der Waals surface area contributed by atoms with Crippen molar-refractivity contribution in [3.63, 3.8) is 0 Å². The summed E-state index contributed by atoms with van der Waals surface area (Å²) in [4.78, 5) is 10.7. The molecular formula is C14H13F3N2O4S. The van der Waals surface area contributed by atoms with Gasteiger partial charge in [0, 0.05) is 13.1 Å². The molecule has 1 amide bonds. The first-order chi connectivity index (χ1) is 11.2. The minimum atomic E-state index is -4.79. The second kappa shape index (κ2) is 7.05. The molecular weight excluding hydrogens is 349 g/mol. The number of rotatable bonds is 6. The van der Waals surface area contributed by atoms with Gasteiger partial charge in [-0.15, -0.1) is 0 Å². The smallest absolute Gasteiger partial charge is 0.417 e. The van der Waals surface area contributed by atoms with Crippen LogP contribution in [0.3, 0.4) is 0 Å². The molecule has 0 saturated carbocycles. The third-order valence-electron chi connectivity index (χ3n) is 2.93. The third kappa shape index (κ3) is 4.36. The molecule has 2 N–H and O–H groups in total. The van der Waals surface area contributed by atoms with Crippen LogP contribution in [0.15, 0.2) is 52.0 Å². The van der Waals surface area contributed by atoms with E-state index in [2.05, 4.69) is 5.32 Å². The Morgan fingerprint density at radius 1 is 1.08 bits per heavy atom. The van der Waals surface area contributed by atoms with Crippen molar-refractivity contribution in [2.45, 2.75) is 11.1 Å². The van der Waals surface area contributed by atoms with E-state index >= 15 is 0 Å². The Morgan fingerprint density at radius 3 is 2.42 bits per heavy atom. The lowest BCUT2D eigenvalue weighted by Gasteiger charge is -2.13. The first-order valence-corrected chi connectivity index (χ1v) is 8.18. The first-order valence-electron chi connectivity index (χ1n) is 6.69. The molecule has 0 aliphatic heterocycles. The molecule has 1 heterocycles. The van der Waals surface area contributed by atoms with Crippen LogP contribution in [0.5, 0.6) is 0 Å². The van der Waals surface area contributed by atoms with Gasteiger partial charge in [0.15, 0.2) is 5.76 Å². The van der Waals surface area contributed by atoms with E-state index in [1.807, 2.05) is 4.72 Å². The van der Waals surface area contributed by atoms with Gasteiger partial charge in [-0.05, 0) is 24.3 Å². The molecule has 2 aromatic rings. The van der Waals surface area contributed by atoms with Gasteiger partial charge >= 0.3 is 6.18 Å². The summed E-state index contributed by atoms with van der Waals surface area (Å²) in [6.07, 6.45) is -3.50. The summed E-state index contributed by atoms with van der Waals surface area (Å²) in [6, 6.07) is 6.78. The summed E-state index contributed by atoms with van der Waals surface area (Å²) in [7, 11) is -4.37. The molecule has 24 heavy (non-hydrogen) atoms. The molecule has 0 saturated heterocycles. The Kier molecular flexibility index (Phi) is 5.30. The van der Waals surface area contributed by atoms with Crippen molar-refractivity contribution in [3.05, 3.63) is 54.0 Å². The summed E-state index contributed by atoms with van der Waals surface area (Å²) < 4.78 is 69.5. The van der Waals surface area contributed by atoms with E-state index in [9.17, 15) is 26.4 Å². The monoisotopic (exact) mass is 362 g/mol. The van der Waals surface area contributed by atoms with Crippen LogP contribution in [0.4, 0.5) is 13.2 Å². The standard InChI is InChI=1S/C14H13F3N2O4S/c15-14(16,17)10-4-1-2-6-12(10)24(21,22)19-8-7-18-13(20)11-5-3-9-23-11/h1-6,9,19H,7-8H2,(H,18,20). The number of amides is 1. The minimum absolute atomic E-state index is 0.0419. The fourth-order valence-electron chi connectivity index (χ4n) is 1.87. The second-order valence-electron chi connectivity index (χ2n) is 4.62. The Bertz CT molecular complexity index is 802. The number of hydrogen-bond acceptors (Lipinski definition) is 4. The highest BCUT2D eigenvalue weighted by Crippen LogP contribution is 2.33. The van der Waals surface area contributed by atoms with Crippen molar-refractivity contribution in [1.29, 1.82) is 0 Å². The van der Waals surface area contributed by atoms with Crippen molar-refractivity contribution in [2.24, 2.45) is 0 Å². The van der Waals surface area contributed by atoms with Crippen LogP contribution in [0.25, 0.3) is 0 Å². The molecule has 130 valence electrons. The number of benzene rings is 1. The van der Waals surface area contributed by atoms with E-state index in [0.717, 1.165) is 12.1 Å². The summed E-state index contributed by atoms with van der Waals surface area (Å²) in [5.74, 6) is -0.518. The second-order valence-corrected chi connectivity index (χ2v) is 6.36. The Labute approximate surface area is 135 Å². The lowest BCUT2D eigenvalue weighted by Crippen LogP contribution is -2.35. The Balaban J connectivity index is 1.99. The number of halogens is 3. The molecule has 6 nitrogen and oxygen atoms in total. The van der Waals surface area contributed by atoms with E-state index in [1.54, 1.807) is 0 Å². The third-order valence-corrected chi connectivity index (χ3v) is 4.45. The van der Waals surface area contributed by atoms with E-state index in [-0.39, 0.29) is 18.8 Å². The van der Waals surface area contributed by atoms with Gasteiger partial charge in [-0.1, -0.05) is 12.1 Å². The van der Waals surface area contributed by atoms with Gasteiger partial charge in [-0.25, -0.2) is 13.1 Å². The van der Waals surface area contributed by atoms with E-state index in [0.29, 0.717) is 6.07 Å². The molecule has 10 heteroatoms. The van der Waals surface area contributed by atoms with E-state index in [4.69, 9.17) is 4.42 Å². The number of carbonyl (C=O) groups excluding carboxylic acids is 1. The zero-order chi connectivity index (χ0) is 17.8. The minimum Gasteiger partial charge on any atom is -0.459 e. The van der Waals surface area contributed by atoms with Gasteiger partial charge in [-0.2, -0.15) is 13.2 Å². The van der Waals surface area contributed by atoms with Gasteiger partial charge in [0.25, 0.3) is 5.91 Å². The molecule has 0 atom stereocenters. The normalized spacial score (nSPS) is 12.1. The Morgan fingerprint density at radius 2 is 1.79 bits per heavy atom. The lowest BCUT2D eigenvalue weighted by molar-refractivity contribution is -0.139. The van der Waals surface area contributed by atoms with Crippen LogP contribution in [-0.2, 0) is 16.2 Å². The summed E-state index contributed by atoms with van der Waals surface area (Å²) in [5, 5.41) is 2.37. The SMILES string of the molecule is O=C(NCCNS(=O)(=O)c1ccccc1C(F)(F)F)c1ccco1. The van der Waals surface area contributed by atoms with Crippen LogP contribution >= 0.6 is 0 Å². The van der Waals surface area contributed by atoms with Gasteiger partial charge in [0.2, 0.25) is 10.0 Å². The predicted molar refractivity (Wildman–Crippen MR) is 77.7 cm³/mol. The maximum absolute atomic E-state index is 12.9. The predicted octanol–water partition coefficient (Wildman–Crippen LogP) is 2.01. The molecule has 1 aromatic carbocycles. The van der Waals surface area contributed by atoms with Crippen LogP contribution < -0.4 is 10.0 Å². The van der Waals surface area contributed by atoms with Crippen LogP contribution in [0.1, 0.15) is 16.1 Å². The molecule has 0 spiro atoms. The molecule has 0 unspecified atom stereocenters. The van der Waals surface area contributed by atoms with Crippen LogP contribution in [0.2, 0.25) is 0 Å². The van der Waals surface area contributed by atoms with Crippen LogP contribution in [-0.4, -0.2) is 27.4 Å². The molecule has 0 aliphatic carbocycles. The maximum atomic E-state index is 12.9. The average Bonchev–Trinajstić information content (AvgIpc) is 3.05. The molecule has 0 fully saturated rings. The molecule has 0 aliphatic rings. The van der Waals surface area contributed by atoms with E-state index in [1.165, 1.54) is 24.5 Å². The van der Waals surface area contributed by atoms with Gasteiger partial charge in [-0.3, -0.25) is 4.79 Å².